The predicted molar refractivity (Wildman–Crippen MR) is 75.2 cm³/mol. The molecule has 0 bridgehead atoms. The number of aromatic nitrogens is 1. The lowest BCUT2D eigenvalue weighted by molar-refractivity contribution is 0.921. The molecule has 0 aliphatic rings. The third-order valence-electron chi connectivity index (χ3n) is 2.58. The first kappa shape index (κ1) is 12.7. The van der Waals surface area contributed by atoms with Crippen molar-refractivity contribution in [2.24, 2.45) is 0 Å². The number of anilines is 1. The highest BCUT2D eigenvalue weighted by molar-refractivity contribution is 6.47. The Morgan fingerprint density at radius 3 is 2.53 bits per heavy atom. The van der Waals surface area contributed by atoms with Crippen molar-refractivity contribution in [3.05, 3.63) is 32.8 Å². The van der Waals surface area contributed by atoms with Crippen LogP contribution in [0.5, 0.6) is 0 Å². The fourth-order valence-corrected chi connectivity index (χ4v) is 2.48. The molecule has 0 aliphatic heterocycles. The number of pyridine rings is 1. The molecule has 2 nitrogen and oxygen atoms in total. The van der Waals surface area contributed by atoms with Crippen LogP contribution in [0.15, 0.2) is 12.1 Å². The maximum absolute atomic E-state index is 6.15. The number of benzene rings is 1. The summed E-state index contributed by atoms with van der Waals surface area (Å²) in [7, 11) is 0. The van der Waals surface area contributed by atoms with Crippen LogP contribution in [-0.2, 0) is 6.42 Å². The van der Waals surface area contributed by atoms with E-state index in [1.54, 1.807) is 6.07 Å². The number of aryl methyl sites for hydroxylation is 1. The van der Waals surface area contributed by atoms with Gasteiger partial charge in [0.25, 0.3) is 0 Å². The zero-order valence-electron chi connectivity index (χ0n) is 9.23. The first-order valence-electron chi connectivity index (χ1n) is 5.27. The Kier molecular flexibility index (Phi) is 3.67. The van der Waals surface area contributed by atoms with Gasteiger partial charge in [-0.3, -0.25) is 0 Å². The summed E-state index contributed by atoms with van der Waals surface area (Å²) in [6, 6.07) is 3.50. The lowest BCUT2D eigenvalue weighted by Crippen LogP contribution is -1.99. The maximum Gasteiger partial charge on any atom is 0.127 e. The zero-order chi connectivity index (χ0) is 12.6. The van der Waals surface area contributed by atoms with Gasteiger partial charge < -0.3 is 5.73 Å². The molecule has 0 aliphatic carbocycles. The molecule has 1 aromatic carbocycles. The minimum absolute atomic E-state index is 0.429. The molecular weight excluding hydrogens is 279 g/mol. The maximum atomic E-state index is 6.15. The third kappa shape index (κ3) is 2.30. The van der Waals surface area contributed by atoms with Gasteiger partial charge in [-0.15, -0.1) is 0 Å². The Morgan fingerprint density at radius 1 is 1.18 bits per heavy atom. The molecule has 2 aromatic rings. The first-order chi connectivity index (χ1) is 8.04. The Bertz CT molecular complexity index is 582. The average molecular weight is 290 g/mol. The van der Waals surface area contributed by atoms with Crippen LogP contribution < -0.4 is 5.73 Å². The van der Waals surface area contributed by atoms with Crippen LogP contribution in [0, 0.1) is 0 Å². The fraction of sp³-hybridized carbons (Fsp3) is 0.250. The van der Waals surface area contributed by atoms with E-state index in [2.05, 4.69) is 11.9 Å². The van der Waals surface area contributed by atoms with E-state index in [9.17, 15) is 0 Å². The van der Waals surface area contributed by atoms with Gasteiger partial charge in [-0.05, 0) is 24.1 Å². The monoisotopic (exact) mass is 288 g/mol. The van der Waals surface area contributed by atoms with Gasteiger partial charge in [-0.1, -0.05) is 48.1 Å². The van der Waals surface area contributed by atoms with E-state index in [1.165, 1.54) is 0 Å². The van der Waals surface area contributed by atoms with E-state index in [1.807, 2.05) is 6.07 Å². The van der Waals surface area contributed by atoms with Crippen molar-refractivity contribution in [1.82, 2.24) is 4.98 Å². The highest BCUT2D eigenvalue weighted by atomic mass is 35.5. The van der Waals surface area contributed by atoms with E-state index < -0.39 is 0 Å². The molecule has 2 N–H and O–H groups in total. The molecule has 5 heteroatoms. The van der Waals surface area contributed by atoms with Crippen LogP contribution in [0.4, 0.5) is 5.82 Å². The van der Waals surface area contributed by atoms with Gasteiger partial charge in [0.15, 0.2) is 0 Å². The standard InChI is InChI=1S/C12H11Cl3N2/c1-2-3-6-4-7-10(15)8(13)5-9(14)11(7)17-12(6)16/h4-5H,2-3H2,1H3,(H2,16,17). The van der Waals surface area contributed by atoms with E-state index >= 15 is 0 Å². The van der Waals surface area contributed by atoms with Gasteiger partial charge in [-0.25, -0.2) is 4.98 Å². The number of rotatable bonds is 2. The van der Waals surface area contributed by atoms with Gasteiger partial charge in [0.2, 0.25) is 0 Å². The SMILES string of the molecule is CCCc1cc2c(Cl)c(Cl)cc(Cl)c2nc1N. The highest BCUT2D eigenvalue weighted by Gasteiger charge is 2.12. The van der Waals surface area contributed by atoms with E-state index in [0.717, 1.165) is 23.8 Å². The fourth-order valence-electron chi connectivity index (χ4n) is 1.76. The van der Waals surface area contributed by atoms with Crippen molar-refractivity contribution in [3.63, 3.8) is 0 Å². The Hall–Kier alpha value is -0.700. The van der Waals surface area contributed by atoms with Crippen LogP contribution in [0.3, 0.4) is 0 Å². The van der Waals surface area contributed by atoms with Gasteiger partial charge in [0.1, 0.15) is 5.82 Å². The van der Waals surface area contributed by atoms with Crippen molar-refractivity contribution >= 4 is 51.5 Å². The van der Waals surface area contributed by atoms with Crippen molar-refractivity contribution in [3.8, 4) is 0 Å². The summed E-state index contributed by atoms with van der Waals surface area (Å²) in [4.78, 5) is 4.30. The third-order valence-corrected chi connectivity index (χ3v) is 3.67. The molecule has 0 unspecified atom stereocenters. The highest BCUT2D eigenvalue weighted by Crippen LogP contribution is 2.36. The molecule has 1 aromatic heterocycles. The molecule has 17 heavy (non-hydrogen) atoms. The lowest BCUT2D eigenvalue weighted by atomic mass is 10.1. The Labute approximate surface area is 115 Å². The quantitative estimate of drug-likeness (QED) is 0.812. The number of fused-ring (bicyclic) bond motifs is 1. The van der Waals surface area contributed by atoms with E-state index in [-0.39, 0.29) is 0 Å². The van der Waals surface area contributed by atoms with Crippen molar-refractivity contribution < 1.29 is 0 Å². The number of halogens is 3. The topological polar surface area (TPSA) is 38.9 Å². The second kappa shape index (κ2) is 4.89. The van der Waals surface area contributed by atoms with Gasteiger partial charge in [-0.2, -0.15) is 0 Å². The number of hydrogen-bond donors (Lipinski definition) is 1. The smallest absolute Gasteiger partial charge is 0.127 e. The molecule has 1 heterocycles. The number of hydrogen-bond acceptors (Lipinski definition) is 2. The molecule has 0 saturated heterocycles. The first-order valence-corrected chi connectivity index (χ1v) is 6.40. The molecule has 2 rings (SSSR count). The molecule has 0 spiro atoms. The minimum Gasteiger partial charge on any atom is -0.383 e. The van der Waals surface area contributed by atoms with Gasteiger partial charge in [0, 0.05) is 5.39 Å². The largest absolute Gasteiger partial charge is 0.383 e. The molecule has 0 radical (unpaired) electrons. The summed E-state index contributed by atoms with van der Waals surface area (Å²) in [5.74, 6) is 0.500. The molecule has 90 valence electrons. The molecule has 0 amide bonds. The van der Waals surface area contributed by atoms with Crippen molar-refractivity contribution in [1.29, 1.82) is 0 Å². The van der Waals surface area contributed by atoms with E-state index in [4.69, 9.17) is 40.5 Å². The second-order valence-corrected chi connectivity index (χ2v) is 5.03. The minimum atomic E-state index is 0.429. The van der Waals surface area contributed by atoms with Gasteiger partial charge in [0.05, 0.1) is 20.6 Å². The molecule has 0 atom stereocenters. The van der Waals surface area contributed by atoms with Gasteiger partial charge >= 0.3 is 0 Å². The van der Waals surface area contributed by atoms with E-state index in [0.29, 0.717) is 26.4 Å². The van der Waals surface area contributed by atoms with Crippen LogP contribution in [0.2, 0.25) is 15.1 Å². The number of nitrogens with zero attached hydrogens (tertiary/aromatic N) is 1. The summed E-state index contributed by atoms with van der Waals surface area (Å²) < 4.78 is 0. The molecule has 0 saturated carbocycles. The predicted octanol–water partition coefficient (Wildman–Crippen LogP) is 4.73. The second-order valence-electron chi connectivity index (χ2n) is 3.83. The zero-order valence-corrected chi connectivity index (χ0v) is 11.5. The molecule has 0 fully saturated rings. The van der Waals surface area contributed by atoms with Crippen molar-refractivity contribution in [2.45, 2.75) is 19.8 Å². The van der Waals surface area contributed by atoms with Crippen LogP contribution in [0.25, 0.3) is 10.9 Å². The summed E-state index contributed by atoms with van der Waals surface area (Å²) in [5.41, 5.74) is 7.45. The number of nitrogens with two attached hydrogens (primary N) is 1. The summed E-state index contributed by atoms with van der Waals surface area (Å²) >= 11 is 18.2. The van der Waals surface area contributed by atoms with Crippen molar-refractivity contribution in [2.75, 3.05) is 5.73 Å². The Balaban J connectivity index is 2.79. The summed E-state index contributed by atoms with van der Waals surface area (Å²) in [6.07, 6.45) is 1.85. The summed E-state index contributed by atoms with van der Waals surface area (Å²) in [5, 5.41) is 2.11. The number of nitrogen functional groups attached to an aromatic ring is 1. The normalized spacial score (nSPS) is 11.1. The average Bonchev–Trinajstić information content (AvgIpc) is 2.28. The van der Waals surface area contributed by atoms with Crippen LogP contribution in [-0.4, -0.2) is 4.98 Å². The van der Waals surface area contributed by atoms with Crippen LogP contribution in [0.1, 0.15) is 18.9 Å². The van der Waals surface area contributed by atoms with Crippen LogP contribution >= 0.6 is 34.8 Å². The Morgan fingerprint density at radius 2 is 1.88 bits per heavy atom. The molecular formula is C12H11Cl3N2. The summed E-state index contributed by atoms with van der Waals surface area (Å²) in [6.45, 7) is 2.08. The lowest BCUT2D eigenvalue weighted by Gasteiger charge is -2.09.